The Hall–Kier alpha value is -1.06. The molecule has 0 aromatic heterocycles. The second kappa shape index (κ2) is 6.15. The number of rotatable bonds is 3. The van der Waals surface area contributed by atoms with Crippen molar-refractivity contribution < 1.29 is 9.53 Å². The summed E-state index contributed by atoms with van der Waals surface area (Å²) in [6.45, 7) is 1.96. The fourth-order valence-electron chi connectivity index (χ4n) is 2.86. The Morgan fingerprint density at radius 3 is 2.95 bits per heavy atom. The quantitative estimate of drug-likeness (QED) is 0.854. The Balaban J connectivity index is 1.62. The molecule has 1 amide bonds. The van der Waals surface area contributed by atoms with Crippen molar-refractivity contribution in [3.05, 3.63) is 34.9 Å². The van der Waals surface area contributed by atoms with Crippen LogP contribution >= 0.6 is 11.6 Å². The first-order chi connectivity index (χ1) is 9.72. The lowest BCUT2D eigenvalue weighted by Gasteiger charge is -2.35. The lowest BCUT2D eigenvalue weighted by molar-refractivity contribution is -0.140. The van der Waals surface area contributed by atoms with E-state index in [0.717, 1.165) is 5.56 Å². The molecule has 0 N–H and O–H groups in total. The second-order valence-corrected chi connectivity index (χ2v) is 6.19. The summed E-state index contributed by atoms with van der Waals surface area (Å²) < 4.78 is 5.79. The van der Waals surface area contributed by atoms with E-state index in [1.54, 1.807) is 0 Å². The van der Waals surface area contributed by atoms with Crippen LogP contribution in [0, 0.1) is 5.92 Å². The number of hydrogen-bond donors (Lipinski definition) is 0. The van der Waals surface area contributed by atoms with Crippen molar-refractivity contribution in [2.24, 2.45) is 5.92 Å². The van der Waals surface area contributed by atoms with Crippen LogP contribution in [0.2, 0.25) is 5.02 Å². The van der Waals surface area contributed by atoms with Gasteiger partial charge in [0.15, 0.2) is 0 Å². The summed E-state index contributed by atoms with van der Waals surface area (Å²) in [5.74, 6) is 0.903. The van der Waals surface area contributed by atoms with Gasteiger partial charge < -0.3 is 9.64 Å². The van der Waals surface area contributed by atoms with Gasteiger partial charge in [0.1, 0.15) is 6.10 Å². The minimum atomic E-state index is -0.0483. The number of carbonyl (C=O) groups is 1. The van der Waals surface area contributed by atoms with Crippen LogP contribution in [0.3, 0.4) is 0 Å². The summed E-state index contributed by atoms with van der Waals surface area (Å²) >= 11 is 6.02. The molecule has 1 aliphatic heterocycles. The summed E-state index contributed by atoms with van der Waals surface area (Å²) in [6.07, 6.45) is 4.38. The number of benzene rings is 1. The maximum atomic E-state index is 12.3. The molecule has 0 bridgehead atoms. The topological polar surface area (TPSA) is 29.5 Å². The highest BCUT2D eigenvalue weighted by Gasteiger charge is 2.28. The number of carbonyl (C=O) groups excluding carboxylic acids is 1. The van der Waals surface area contributed by atoms with Crippen LogP contribution in [0.25, 0.3) is 0 Å². The number of ether oxygens (including phenoxy) is 1. The van der Waals surface area contributed by atoms with Crippen LogP contribution in [-0.2, 0) is 9.53 Å². The number of halogens is 1. The number of amides is 1. The van der Waals surface area contributed by atoms with Gasteiger partial charge in [0.2, 0.25) is 5.91 Å². The lowest BCUT2D eigenvalue weighted by atomic mass is 9.82. The molecule has 4 heteroatoms. The number of morpholine rings is 1. The second-order valence-electron chi connectivity index (χ2n) is 5.76. The van der Waals surface area contributed by atoms with Gasteiger partial charge in [0, 0.05) is 18.0 Å². The highest BCUT2D eigenvalue weighted by Crippen LogP contribution is 2.31. The Morgan fingerprint density at radius 2 is 2.25 bits per heavy atom. The van der Waals surface area contributed by atoms with Crippen molar-refractivity contribution in [1.29, 1.82) is 0 Å². The van der Waals surface area contributed by atoms with Crippen molar-refractivity contribution in [2.45, 2.75) is 31.8 Å². The standard InChI is InChI=1S/C16H20ClNO2/c17-14-6-2-5-13(10-14)15-11-18(7-8-20-15)16(19)9-12-3-1-4-12/h2,5-6,10,12,15H,1,3-4,7-9,11H2. The summed E-state index contributed by atoms with van der Waals surface area (Å²) in [5, 5.41) is 0.712. The fourth-order valence-corrected chi connectivity index (χ4v) is 3.06. The Bertz CT molecular complexity index is 487. The van der Waals surface area contributed by atoms with Gasteiger partial charge >= 0.3 is 0 Å². The largest absolute Gasteiger partial charge is 0.370 e. The normalized spacial score (nSPS) is 23.4. The molecule has 3 nitrogen and oxygen atoms in total. The van der Waals surface area contributed by atoms with Crippen LogP contribution in [0.5, 0.6) is 0 Å². The van der Waals surface area contributed by atoms with Gasteiger partial charge in [0.25, 0.3) is 0 Å². The minimum absolute atomic E-state index is 0.0483. The van der Waals surface area contributed by atoms with Gasteiger partial charge in [-0.25, -0.2) is 0 Å². The zero-order chi connectivity index (χ0) is 13.9. The lowest BCUT2D eigenvalue weighted by Crippen LogP contribution is -2.43. The third-order valence-corrected chi connectivity index (χ3v) is 4.56. The zero-order valence-electron chi connectivity index (χ0n) is 11.6. The van der Waals surface area contributed by atoms with Crippen molar-refractivity contribution in [3.63, 3.8) is 0 Å². The smallest absolute Gasteiger partial charge is 0.223 e. The van der Waals surface area contributed by atoms with Gasteiger partial charge in [-0.3, -0.25) is 4.79 Å². The highest BCUT2D eigenvalue weighted by atomic mass is 35.5. The first-order valence-electron chi connectivity index (χ1n) is 7.37. The average Bonchev–Trinajstić information content (AvgIpc) is 2.43. The van der Waals surface area contributed by atoms with Crippen molar-refractivity contribution in [2.75, 3.05) is 19.7 Å². The van der Waals surface area contributed by atoms with E-state index in [1.807, 2.05) is 29.2 Å². The molecule has 1 atom stereocenters. The molecule has 20 heavy (non-hydrogen) atoms. The third kappa shape index (κ3) is 3.15. The van der Waals surface area contributed by atoms with E-state index < -0.39 is 0 Å². The fraction of sp³-hybridized carbons (Fsp3) is 0.562. The first kappa shape index (κ1) is 13.9. The van der Waals surface area contributed by atoms with E-state index in [1.165, 1.54) is 19.3 Å². The van der Waals surface area contributed by atoms with Gasteiger partial charge in [-0.1, -0.05) is 30.2 Å². The number of hydrogen-bond acceptors (Lipinski definition) is 2. The molecule has 2 aliphatic rings. The minimum Gasteiger partial charge on any atom is -0.370 e. The summed E-state index contributed by atoms with van der Waals surface area (Å²) in [4.78, 5) is 14.2. The van der Waals surface area contributed by atoms with Gasteiger partial charge in [-0.05, 0) is 36.5 Å². The molecule has 1 heterocycles. The summed E-state index contributed by atoms with van der Waals surface area (Å²) in [6, 6.07) is 7.71. The van der Waals surface area contributed by atoms with Gasteiger partial charge in [-0.15, -0.1) is 0 Å². The maximum Gasteiger partial charge on any atom is 0.223 e. The van der Waals surface area contributed by atoms with Gasteiger partial charge in [-0.2, -0.15) is 0 Å². The van der Waals surface area contributed by atoms with Crippen LogP contribution < -0.4 is 0 Å². The molecule has 0 spiro atoms. The Labute approximate surface area is 124 Å². The third-order valence-electron chi connectivity index (χ3n) is 4.33. The average molecular weight is 294 g/mol. The monoisotopic (exact) mass is 293 g/mol. The zero-order valence-corrected chi connectivity index (χ0v) is 12.3. The number of nitrogens with zero attached hydrogens (tertiary/aromatic N) is 1. The predicted molar refractivity (Wildman–Crippen MR) is 78.7 cm³/mol. The predicted octanol–water partition coefficient (Wildman–Crippen LogP) is 3.43. The van der Waals surface area contributed by atoms with E-state index in [0.29, 0.717) is 37.1 Å². The van der Waals surface area contributed by atoms with Crippen molar-refractivity contribution in [1.82, 2.24) is 4.90 Å². The maximum absolute atomic E-state index is 12.3. The van der Waals surface area contributed by atoms with E-state index in [-0.39, 0.29) is 12.0 Å². The molecule has 1 saturated carbocycles. The van der Waals surface area contributed by atoms with Crippen molar-refractivity contribution in [3.8, 4) is 0 Å². The van der Waals surface area contributed by atoms with Crippen LogP contribution in [0.15, 0.2) is 24.3 Å². The van der Waals surface area contributed by atoms with Crippen LogP contribution in [0.4, 0.5) is 0 Å². The van der Waals surface area contributed by atoms with E-state index >= 15 is 0 Å². The Morgan fingerprint density at radius 1 is 1.40 bits per heavy atom. The SMILES string of the molecule is O=C(CC1CCC1)N1CCOC(c2cccc(Cl)c2)C1. The molecule has 0 radical (unpaired) electrons. The molecule has 2 fully saturated rings. The molecule has 1 aliphatic carbocycles. The molecule has 1 aromatic carbocycles. The van der Waals surface area contributed by atoms with E-state index in [4.69, 9.17) is 16.3 Å². The molecule has 108 valence electrons. The molecule has 3 rings (SSSR count). The molecule has 1 saturated heterocycles. The first-order valence-corrected chi connectivity index (χ1v) is 7.75. The van der Waals surface area contributed by atoms with Gasteiger partial charge in [0.05, 0.1) is 13.2 Å². The van der Waals surface area contributed by atoms with Crippen LogP contribution in [-0.4, -0.2) is 30.5 Å². The van der Waals surface area contributed by atoms with E-state index in [9.17, 15) is 4.79 Å². The molecule has 1 unspecified atom stereocenters. The molecular weight excluding hydrogens is 274 g/mol. The highest BCUT2D eigenvalue weighted by molar-refractivity contribution is 6.30. The molecule has 1 aromatic rings. The summed E-state index contributed by atoms with van der Waals surface area (Å²) in [7, 11) is 0. The molecular formula is C16H20ClNO2. The van der Waals surface area contributed by atoms with Crippen LogP contribution in [0.1, 0.15) is 37.4 Å². The summed E-state index contributed by atoms with van der Waals surface area (Å²) in [5.41, 5.74) is 1.05. The van der Waals surface area contributed by atoms with Crippen molar-refractivity contribution >= 4 is 17.5 Å². The Kier molecular flexibility index (Phi) is 4.27. The van der Waals surface area contributed by atoms with E-state index in [2.05, 4.69) is 0 Å².